The molecule has 0 fully saturated rings. The van der Waals surface area contributed by atoms with Gasteiger partial charge >= 0.3 is 0 Å². The summed E-state index contributed by atoms with van der Waals surface area (Å²) in [4.78, 5) is 16.2. The molecule has 0 bridgehead atoms. The van der Waals surface area contributed by atoms with Crippen molar-refractivity contribution in [3.63, 3.8) is 0 Å². The molecule has 5 heteroatoms. The molecule has 3 N–H and O–H groups in total. The van der Waals surface area contributed by atoms with E-state index in [1.807, 2.05) is 12.4 Å². The van der Waals surface area contributed by atoms with Crippen molar-refractivity contribution in [1.82, 2.24) is 10.3 Å². The summed E-state index contributed by atoms with van der Waals surface area (Å²) in [5.74, 6) is 0.169. The number of hydrogen-bond donors (Lipinski definition) is 2. The average molecular weight is 346 g/mol. The SMILES string of the molecule is C[N+]1=C(c2cncc(CCCNC(=O)CCCCCCN)c2)CCC1. The number of carbonyl (C=O) groups excluding carboxylic acids is 1. The molecule has 1 amide bonds. The Balaban J connectivity index is 1.65. The summed E-state index contributed by atoms with van der Waals surface area (Å²) in [5, 5.41) is 3.02. The summed E-state index contributed by atoms with van der Waals surface area (Å²) in [5.41, 5.74) is 9.36. The molecule has 0 aliphatic carbocycles. The van der Waals surface area contributed by atoms with E-state index in [1.54, 1.807) is 0 Å². The van der Waals surface area contributed by atoms with Gasteiger partial charge in [-0.05, 0) is 43.9 Å². The van der Waals surface area contributed by atoms with Gasteiger partial charge in [0.1, 0.15) is 13.6 Å². The van der Waals surface area contributed by atoms with Crippen LogP contribution in [0.5, 0.6) is 0 Å². The molecular weight excluding hydrogens is 312 g/mol. The molecule has 0 radical (unpaired) electrons. The Hall–Kier alpha value is -1.75. The number of nitrogens with two attached hydrogens (primary N) is 1. The summed E-state index contributed by atoms with van der Waals surface area (Å²) < 4.78 is 2.33. The normalized spacial score (nSPS) is 14.2. The average Bonchev–Trinajstić information content (AvgIpc) is 3.05. The standard InChI is InChI=1S/C20H32N4O/c1-24-13-7-9-19(24)18-14-17(15-22-16-18)8-6-12-23-20(25)10-4-2-3-5-11-21/h14-16H,2-13,21H2,1H3/p+1. The van der Waals surface area contributed by atoms with E-state index in [4.69, 9.17) is 5.73 Å². The molecule has 5 nitrogen and oxygen atoms in total. The van der Waals surface area contributed by atoms with Crippen molar-refractivity contribution in [2.45, 2.75) is 57.8 Å². The Kier molecular flexibility index (Phi) is 8.60. The summed E-state index contributed by atoms with van der Waals surface area (Å²) >= 11 is 0. The Morgan fingerprint density at radius 1 is 1.24 bits per heavy atom. The number of rotatable bonds is 11. The predicted octanol–water partition coefficient (Wildman–Crippen LogP) is 2.26. The van der Waals surface area contributed by atoms with Crippen molar-refractivity contribution in [1.29, 1.82) is 0 Å². The Morgan fingerprint density at radius 2 is 2.08 bits per heavy atom. The maximum Gasteiger partial charge on any atom is 0.219 e. The van der Waals surface area contributed by atoms with Crippen LogP contribution in [0, 0.1) is 0 Å². The highest BCUT2D eigenvalue weighted by Gasteiger charge is 2.20. The van der Waals surface area contributed by atoms with Crippen molar-refractivity contribution >= 4 is 11.6 Å². The number of nitrogens with zero attached hydrogens (tertiary/aromatic N) is 2. The number of aryl methyl sites for hydroxylation is 1. The van der Waals surface area contributed by atoms with Gasteiger partial charge in [-0.25, -0.2) is 4.58 Å². The number of aromatic nitrogens is 1. The van der Waals surface area contributed by atoms with Gasteiger partial charge in [-0.2, -0.15) is 0 Å². The molecule has 0 atom stereocenters. The molecule has 1 aliphatic heterocycles. The van der Waals surface area contributed by atoms with Crippen LogP contribution >= 0.6 is 0 Å². The summed E-state index contributed by atoms with van der Waals surface area (Å²) in [6, 6.07) is 2.25. The summed E-state index contributed by atoms with van der Waals surface area (Å²) in [6.07, 6.45) is 13.1. The second-order valence-corrected chi connectivity index (χ2v) is 6.96. The highest BCUT2D eigenvalue weighted by atomic mass is 16.1. The zero-order chi connectivity index (χ0) is 17.9. The van der Waals surface area contributed by atoms with Gasteiger partial charge in [-0.3, -0.25) is 9.78 Å². The second-order valence-electron chi connectivity index (χ2n) is 6.96. The Labute approximate surface area is 151 Å². The Bertz CT molecular complexity index is 583. The van der Waals surface area contributed by atoms with Crippen molar-refractivity contribution in [3.05, 3.63) is 29.6 Å². The van der Waals surface area contributed by atoms with E-state index >= 15 is 0 Å². The maximum atomic E-state index is 11.8. The third-order valence-electron chi connectivity index (χ3n) is 4.82. The molecule has 0 saturated heterocycles. The van der Waals surface area contributed by atoms with Gasteiger partial charge in [0.2, 0.25) is 5.91 Å². The topological polar surface area (TPSA) is 71.0 Å². The van der Waals surface area contributed by atoms with Gasteiger partial charge in [0, 0.05) is 38.2 Å². The van der Waals surface area contributed by atoms with Gasteiger partial charge in [-0.15, -0.1) is 0 Å². The number of unbranched alkanes of at least 4 members (excludes halogenated alkanes) is 3. The molecule has 1 aliphatic rings. The monoisotopic (exact) mass is 345 g/mol. The molecule has 25 heavy (non-hydrogen) atoms. The summed E-state index contributed by atoms with van der Waals surface area (Å²) in [6.45, 7) is 2.62. The van der Waals surface area contributed by atoms with Gasteiger partial charge < -0.3 is 11.1 Å². The lowest BCUT2D eigenvalue weighted by atomic mass is 10.1. The highest BCUT2D eigenvalue weighted by Crippen LogP contribution is 2.13. The van der Waals surface area contributed by atoms with E-state index in [-0.39, 0.29) is 5.91 Å². The van der Waals surface area contributed by atoms with Gasteiger partial charge in [0.05, 0.1) is 5.56 Å². The predicted molar refractivity (Wildman–Crippen MR) is 102 cm³/mol. The van der Waals surface area contributed by atoms with Crippen LogP contribution in [0.25, 0.3) is 0 Å². The number of hydrogen-bond acceptors (Lipinski definition) is 3. The van der Waals surface area contributed by atoms with Crippen molar-refractivity contribution in [3.8, 4) is 0 Å². The van der Waals surface area contributed by atoms with Crippen LogP contribution in [0.2, 0.25) is 0 Å². The van der Waals surface area contributed by atoms with Gasteiger partial charge in [0.25, 0.3) is 0 Å². The van der Waals surface area contributed by atoms with Crippen LogP contribution in [0.3, 0.4) is 0 Å². The second kappa shape index (κ2) is 11.0. The minimum Gasteiger partial charge on any atom is -0.356 e. The fourth-order valence-electron chi connectivity index (χ4n) is 3.35. The fourth-order valence-corrected chi connectivity index (χ4v) is 3.35. The van der Waals surface area contributed by atoms with E-state index in [0.717, 1.165) is 64.6 Å². The molecule has 1 aromatic heterocycles. The zero-order valence-corrected chi connectivity index (χ0v) is 15.6. The first kappa shape index (κ1) is 19.6. The third-order valence-corrected chi connectivity index (χ3v) is 4.82. The first-order valence-corrected chi connectivity index (χ1v) is 9.68. The lowest BCUT2D eigenvalue weighted by Gasteiger charge is -2.06. The lowest BCUT2D eigenvalue weighted by molar-refractivity contribution is -0.488. The molecule has 2 heterocycles. The van der Waals surface area contributed by atoms with Gasteiger partial charge in [-0.1, -0.05) is 12.8 Å². The van der Waals surface area contributed by atoms with Crippen LogP contribution < -0.4 is 11.1 Å². The first-order valence-electron chi connectivity index (χ1n) is 9.68. The lowest BCUT2D eigenvalue weighted by Crippen LogP contribution is -2.24. The highest BCUT2D eigenvalue weighted by molar-refractivity contribution is 5.97. The molecule has 2 rings (SSSR count). The molecule has 138 valence electrons. The van der Waals surface area contributed by atoms with Crippen LogP contribution in [0.15, 0.2) is 18.5 Å². The summed E-state index contributed by atoms with van der Waals surface area (Å²) in [7, 11) is 2.15. The largest absolute Gasteiger partial charge is 0.356 e. The molecule has 0 aromatic carbocycles. The minimum absolute atomic E-state index is 0.169. The Morgan fingerprint density at radius 3 is 2.84 bits per heavy atom. The van der Waals surface area contributed by atoms with E-state index in [2.05, 4.69) is 28.0 Å². The van der Waals surface area contributed by atoms with E-state index in [1.165, 1.54) is 23.3 Å². The molecule has 0 saturated carbocycles. The zero-order valence-electron chi connectivity index (χ0n) is 15.6. The van der Waals surface area contributed by atoms with Crippen LogP contribution in [-0.4, -0.2) is 47.9 Å². The molecule has 1 aromatic rings. The first-order chi connectivity index (χ1) is 12.2. The maximum absolute atomic E-state index is 11.8. The van der Waals surface area contributed by atoms with Crippen LogP contribution in [-0.2, 0) is 11.2 Å². The number of carbonyl (C=O) groups is 1. The smallest absolute Gasteiger partial charge is 0.219 e. The van der Waals surface area contributed by atoms with Crippen LogP contribution in [0.1, 0.15) is 62.5 Å². The van der Waals surface area contributed by atoms with E-state index in [0.29, 0.717) is 6.42 Å². The van der Waals surface area contributed by atoms with Gasteiger partial charge in [0.15, 0.2) is 5.71 Å². The number of amides is 1. The number of nitrogens with one attached hydrogen (secondary N) is 1. The van der Waals surface area contributed by atoms with Crippen LogP contribution in [0.4, 0.5) is 0 Å². The third kappa shape index (κ3) is 6.94. The fraction of sp³-hybridized carbons (Fsp3) is 0.650. The quantitative estimate of drug-likeness (QED) is 0.477. The molecule has 0 spiro atoms. The van der Waals surface area contributed by atoms with E-state index < -0.39 is 0 Å². The molecular formula is C20H33N4O+. The molecule has 0 unspecified atom stereocenters. The van der Waals surface area contributed by atoms with E-state index in [9.17, 15) is 4.79 Å². The van der Waals surface area contributed by atoms with Crippen molar-refractivity contribution in [2.24, 2.45) is 5.73 Å². The van der Waals surface area contributed by atoms with Crippen molar-refractivity contribution < 1.29 is 9.37 Å². The van der Waals surface area contributed by atoms with Crippen molar-refractivity contribution in [2.75, 3.05) is 26.7 Å². The minimum atomic E-state index is 0.169. The number of pyridine rings is 1.